The van der Waals surface area contributed by atoms with Crippen LogP contribution in [0, 0.1) is 4.77 Å². The minimum atomic E-state index is -0.0703. The quantitative estimate of drug-likeness (QED) is 0.803. The first kappa shape index (κ1) is 11.0. The van der Waals surface area contributed by atoms with E-state index in [0.29, 0.717) is 20.7 Å². The molecule has 88 valence electrons. The lowest BCUT2D eigenvalue weighted by molar-refractivity contribution is 0.302. The molecule has 1 aliphatic rings. The maximum Gasteiger partial charge on any atom is 0.263 e. The zero-order chi connectivity index (χ0) is 12.0. The predicted molar refractivity (Wildman–Crippen MR) is 71.3 cm³/mol. The van der Waals surface area contributed by atoms with E-state index in [1.807, 2.05) is 12.1 Å². The summed E-state index contributed by atoms with van der Waals surface area (Å²) in [6.07, 6.45) is 3.20. The third kappa shape index (κ3) is 1.63. The van der Waals surface area contributed by atoms with Crippen LogP contribution in [-0.2, 0) is 0 Å². The monoisotopic (exact) mass is 266 g/mol. The summed E-state index contributed by atoms with van der Waals surface area (Å²) < 4.78 is 2.17. The molecule has 17 heavy (non-hydrogen) atoms. The highest BCUT2D eigenvalue weighted by atomic mass is 35.5. The van der Waals surface area contributed by atoms with Crippen molar-refractivity contribution in [2.45, 2.75) is 25.3 Å². The van der Waals surface area contributed by atoms with Crippen LogP contribution in [0.15, 0.2) is 23.0 Å². The van der Waals surface area contributed by atoms with E-state index in [4.69, 9.17) is 23.8 Å². The summed E-state index contributed by atoms with van der Waals surface area (Å²) in [5.74, 6) is 0. The van der Waals surface area contributed by atoms with Crippen LogP contribution in [0.5, 0.6) is 0 Å². The molecule has 3 rings (SSSR count). The van der Waals surface area contributed by atoms with Crippen LogP contribution in [-0.4, -0.2) is 9.55 Å². The standard InChI is InChI=1S/C12H11ClN2OS/c13-8-5-2-6-9-10(8)11(16)15(12(17)14-9)7-3-1-4-7/h2,5-7H,1,3-4H2,(H,14,17). The van der Waals surface area contributed by atoms with Gasteiger partial charge in [0.15, 0.2) is 4.77 Å². The SMILES string of the molecule is O=c1c2c(Cl)cccc2[nH]c(=S)n1C1CCC1. The number of aromatic amines is 1. The van der Waals surface area contributed by atoms with Crippen molar-refractivity contribution in [3.05, 3.63) is 38.3 Å². The average molecular weight is 267 g/mol. The minimum absolute atomic E-state index is 0.0703. The molecule has 0 spiro atoms. The van der Waals surface area contributed by atoms with E-state index in [0.717, 1.165) is 19.3 Å². The largest absolute Gasteiger partial charge is 0.331 e. The summed E-state index contributed by atoms with van der Waals surface area (Å²) in [6, 6.07) is 5.60. The molecule has 0 bridgehead atoms. The van der Waals surface area contributed by atoms with Crippen LogP contribution >= 0.6 is 23.8 Å². The molecule has 0 amide bonds. The van der Waals surface area contributed by atoms with Crippen molar-refractivity contribution >= 4 is 34.7 Å². The highest BCUT2D eigenvalue weighted by Crippen LogP contribution is 2.31. The number of benzene rings is 1. The van der Waals surface area contributed by atoms with Crippen molar-refractivity contribution in [2.24, 2.45) is 0 Å². The molecule has 1 aliphatic carbocycles. The molecule has 1 aromatic heterocycles. The van der Waals surface area contributed by atoms with Gasteiger partial charge in [0.1, 0.15) is 0 Å². The van der Waals surface area contributed by atoms with Crippen molar-refractivity contribution < 1.29 is 0 Å². The normalized spacial score (nSPS) is 16.1. The van der Waals surface area contributed by atoms with Gasteiger partial charge in [0, 0.05) is 6.04 Å². The second kappa shape index (κ2) is 3.96. The molecule has 0 unspecified atom stereocenters. The van der Waals surface area contributed by atoms with E-state index in [1.165, 1.54) is 0 Å². The lowest BCUT2D eigenvalue weighted by atomic mass is 9.93. The van der Waals surface area contributed by atoms with Gasteiger partial charge < -0.3 is 4.98 Å². The van der Waals surface area contributed by atoms with Gasteiger partial charge in [0.2, 0.25) is 0 Å². The number of hydrogen-bond acceptors (Lipinski definition) is 2. The van der Waals surface area contributed by atoms with Gasteiger partial charge in [-0.15, -0.1) is 0 Å². The number of aromatic nitrogens is 2. The number of fused-ring (bicyclic) bond motifs is 1. The van der Waals surface area contributed by atoms with Crippen LogP contribution in [0.1, 0.15) is 25.3 Å². The molecule has 0 aliphatic heterocycles. The van der Waals surface area contributed by atoms with E-state index >= 15 is 0 Å². The van der Waals surface area contributed by atoms with Gasteiger partial charge in [-0.3, -0.25) is 9.36 Å². The Labute approximate surface area is 108 Å². The van der Waals surface area contributed by atoms with Crippen molar-refractivity contribution in [3.63, 3.8) is 0 Å². The summed E-state index contributed by atoms with van der Waals surface area (Å²) in [7, 11) is 0. The maximum atomic E-state index is 12.4. The summed E-state index contributed by atoms with van der Waals surface area (Å²) in [5, 5.41) is 1.02. The second-order valence-electron chi connectivity index (χ2n) is 4.35. The number of hydrogen-bond donors (Lipinski definition) is 1. The van der Waals surface area contributed by atoms with E-state index in [9.17, 15) is 4.79 Å². The Balaban J connectivity index is 2.41. The van der Waals surface area contributed by atoms with Gasteiger partial charge >= 0.3 is 0 Å². The summed E-state index contributed by atoms with van der Waals surface area (Å²) in [6.45, 7) is 0. The predicted octanol–water partition coefficient (Wildman–Crippen LogP) is 3.44. The fraction of sp³-hybridized carbons (Fsp3) is 0.333. The smallest absolute Gasteiger partial charge is 0.263 e. The lowest BCUT2D eigenvalue weighted by Crippen LogP contribution is -2.30. The third-order valence-electron chi connectivity index (χ3n) is 3.35. The Morgan fingerprint density at radius 2 is 2.18 bits per heavy atom. The van der Waals surface area contributed by atoms with Crippen molar-refractivity contribution in [3.8, 4) is 0 Å². The molecule has 5 heteroatoms. The first-order valence-electron chi connectivity index (χ1n) is 5.61. The molecular weight excluding hydrogens is 256 g/mol. The highest BCUT2D eigenvalue weighted by Gasteiger charge is 2.22. The zero-order valence-corrected chi connectivity index (χ0v) is 10.6. The Bertz CT molecular complexity index is 700. The molecule has 1 saturated carbocycles. The molecule has 1 N–H and O–H groups in total. The van der Waals surface area contributed by atoms with Crippen LogP contribution in [0.3, 0.4) is 0 Å². The van der Waals surface area contributed by atoms with E-state index in [1.54, 1.807) is 10.6 Å². The van der Waals surface area contributed by atoms with Gasteiger partial charge in [0.25, 0.3) is 5.56 Å². The van der Waals surface area contributed by atoms with E-state index in [-0.39, 0.29) is 11.6 Å². The van der Waals surface area contributed by atoms with Crippen LogP contribution < -0.4 is 5.56 Å². The summed E-state index contributed by atoms with van der Waals surface area (Å²) >= 11 is 11.3. The minimum Gasteiger partial charge on any atom is -0.331 e. The van der Waals surface area contributed by atoms with Crippen LogP contribution in [0.2, 0.25) is 5.02 Å². The zero-order valence-electron chi connectivity index (χ0n) is 9.07. The van der Waals surface area contributed by atoms with Crippen molar-refractivity contribution in [1.82, 2.24) is 9.55 Å². The molecule has 1 fully saturated rings. The van der Waals surface area contributed by atoms with Crippen molar-refractivity contribution in [1.29, 1.82) is 0 Å². The van der Waals surface area contributed by atoms with E-state index in [2.05, 4.69) is 4.98 Å². The number of nitrogens with zero attached hydrogens (tertiary/aromatic N) is 1. The highest BCUT2D eigenvalue weighted by molar-refractivity contribution is 7.71. The van der Waals surface area contributed by atoms with Gasteiger partial charge in [0.05, 0.1) is 15.9 Å². The Morgan fingerprint density at radius 3 is 2.82 bits per heavy atom. The Kier molecular flexibility index (Phi) is 2.56. The topological polar surface area (TPSA) is 37.8 Å². The molecular formula is C12H11ClN2OS. The third-order valence-corrected chi connectivity index (χ3v) is 3.96. The number of rotatable bonds is 1. The van der Waals surface area contributed by atoms with Gasteiger partial charge in [-0.25, -0.2) is 0 Å². The first-order valence-corrected chi connectivity index (χ1v) is 6.40. The molecule has 1 heterocycles. The second-order valence-corrected chi connectivity index (χ2v) is 5.15. The maximum absolute atomic E-state index is 12.4. The van der Waals surface area contributed by atoms with Crippen LogP contribution in [0.4, 0.5) is 0 Å². The fourth-order valence-electron chi connectivity index (χ4n) is 2.21. The van der Waals surface area contributed by atoms with Gasteiger partial charge in [-0.1, -0.05) is 17.7 Å². The van der Waals surface area contributed by atoms with Gasteiger partial charge in [-0.05, 0) is 43.6 Å². The molecule has 0 atom stereocenters. The van der Waals surface area contributed by atoms with E-state index < -0.39 is 0 Å². The Morgan fingerprint density at radius 1 is 1.41 bits per heavy atom. The Hall–Kier alpha value is -1.13. The van der Waals surface area contributed by atoms with Crippen molar-refractivity contribution in [2.75, 3.05) is 0 Å². The summed E-state index contributed by atoms with van der Waals surface area (Å²) in [5.41, 5.74) is 0.641. The fourth-order valence-corrected chi connectivity index (χ4v) is 2.81. The average Bonchev–Trinajstić information content (AvgIpc) is 2.21. The summed E-state index contributed by atoms with van der Waals surface area (Å²) in [4.78, 5) is 15.5. The first-order chi connectivity index (χ1) is 8.18. The molecule has 3 nitrogen and oxygen atoms in total. The number of halogens is 1. The van der Waals surface area contributed by atoms with Gasteiger partial charge in [-0.2, -0.15) is 0 Å². The molecule has 1 aromatic carbocycles. The molecule has 0 radical (unpaired) electrons. The number of H-pyrrole nitrogens is 1. The number of nitrogens with one attached hydrogen (secondary N) is 1. The van der Waals surface area contributed by atoms with Crippen LogP contribution in [0.25, 0.3) is 10.9 Å². The molecule has 0 saturated heterocycles. The molecule has 2 aromatic rings. The lowest BCUT2D eigenvalue weighted by Gasteiger charge is -2.27.